The highest BCUT2D eigenvalue weighted by molar-refractivity contribution is 6.30. The number of carbonyl (C=O) groups excluding carboxylic acids is 2. The highest BCUT2D eigenvalue weighted by Crippen LogP contribution is 2.17. The number of ether oxygens (including phenoxy) is 1. The molecule has 28 heavy (non-hydrogen) atoms. The van der Waals surface area contributed by atoms with E-state index in [-0.39, 0.29) is 24.8 Å². The molecule has 0 aliphatic carbocycles. The molecule has 2 aromatic rings. The molecule has 0 aromatic heterocycles. The maximum atomic E-state index is 13.7. The molecule has 1 atom stereocenters. The lowest BCUT2D eigenvalue weighted by molar-refractivity contribution is -0.142. The minimum Gasteiger partial charge on any atom is -0.481 e. The predicted octanol–water partition coefficient (Wildman–Crippen LogP) is 3.80. The number of para-hydroxylation sites is 1. The van der Waals surface area contributed by atoms with Crippen molar-refractivity contribution in [3.8, 4) is 5.75 Å². The molecule has 2 amide bonds. The summed E-state index contributed by atoms with van der Waals surface area (Å²) in [7, 11) is 0. The van der Waals surface area contributed by atoms with Crippen LogP contribution in [0.1, 0.15) is 25.8 Å². The van der Waals surface area contributed by atoms with Gasteiger partial charge in [-0.15, -0.1) is 0 Å². The topological polar surface area (TPSA) is 58.6 Å². The fraction of sp³-hybridized carbons (Fsp3) is 0.333. The molecular weight excluding hydrogens is 383 g/mol. The zero-order chi connectivity index (χ0) is 20.5. The molecule has 2 rings (SSSR count). The van der Waals surface area contributed by atoms with Gasteiger partial charge in [-0.05, 0) is 43.2 Å². The molecule has 0 saturated carbocycles. The summed E-state index contributed by atoms with van der Waals surface area (Å²) in [5.41, 5.74) is 0.818. The van der Waals surface area contributed by atoms with Crippen LogP contribution in [-0.4, -0.2) is 35.9 Å². The van der Waals surface area contributed by atoms with Gasteiger partial charge in [0.2, 0.25) is 5.91 Å². The van der Waals surface area contributed by atoms with Crippen LogP contribution in [0.2, 0.25) is 5.02 Å². The van der Waals surface area contributed by atoms with Crippen LogP contribution >= 0.6 is 11.6 Å². The van der Waals surface area contributed by atoms with Crippen molar-refractivity contribution >= 4 is 23.4 Å². The van der Waals surface area contributed by atoms with Crippen molar-refractivity contribution in [1.29, 1.82) is 0 Å². The van der Waals surface area contributed by atoms with E-state index in [1.807, 2.05) is 6.92 Å². The lowest BCUT2D eigenvalue weighted by atomic mass is 10.1. The third kappa shape index (κ3) is 6.23. The number of hydrogen-bond donors (Lipinski definition) is 1. The van der Waals surface area contributed by atoms with E-state index in [2.05, 4.69) is 5.32 Å². The van der Waals surface area contributed by atoms with E-state index in [0.717, 1.165) is 12.0 Å². The van der Waals surface area contributed by atoms with Gasteiger partial charge < -0.3 is 15.0 Å². The summed E-state index contributed by atoms with van der Waals surface area (Å²) in [4.78, 5) is 26.6. The zero-order valence-corrected chi connectivity index (χ0v) is 16.7. The first-order chi connectivity index (χ1) is 13.4. The first kappa shape index (κ1) is 21.7. The van der Waals surface area contributed by atoms with Gasteiger partial charge in [-0.25, -0.2) is 4.39 Å². The highest BCUT2D eigenvalue weighted by atomic mass is 35.5. The number of halogens is 2. The van der Waals surface area contributed by atoms with E-state index in [1.54, 1.807) is 37.3 Å². The second kappa shape index (κ2) is 10.7. The highest BCUT2D eigenvalue weighted by Gasteiger charge is 2.26. The summed E-state index contributed by atoms with van der Waals surface area (Å²) < 4.78 is 19.1. The van der Waals surface area contributed by atoms with Gasteiger partial charge in [-0.2, -0.15) is 0 Å². The minimum absolute atomic E-state index is 0.00891. The Kier molecular flexibility index (Phi) is 8.26. The number of rotatable bonds is 9. The fourth-order valence-electron chi connectivity index (χ4n) is 2.55. The van der Waals surface area contributed by atoms with Gasteiger partial charge in [0.1, 0.15) is 6.04 Å². The maximum Gasteiger partial charge on any atom is 0.261 e. The van der Waals surface area contributed by atoms with Crippen molar-refractivity contribution in [3.05, 3.63) is 64.9 Å². The van der Waals surface area contributed by atoms with Crippen LogP contribution in [0.25, 0.3) is 0 Å². The van der Waals surface area contributed by atoms with Crippen LogP contribution in [0.15, 0.2) is 48.5 Å². The Morgan fingerprint density at radius 1 is 1.18 bits per heavy atom. The number of nitrogens with one attached hydrogen (secondary N) is 1. The van der Waals surface area contributed by atoms with E-state index in [4.69, 9.17) is 16.3 Å². The first-order valence-electron chi connectivity index (χ1n) is 9.11. The van der Waals surface area contributed by atoms with Crippen LogP contribution in [0.5, 0.6) is 5.75 Å². The number of nitrogens with zero attached hydrogens (tertiary/aromatic N) is 1. The molecule has 0 fully saturated rings. The van der Waals surface area contributed by atoms with Gasteiger partial charge in [0.05, 0.1) is 0 Å². The average molecular weight is 407 g/mol. The van der Waals surface area contributed by atoms with Crippen molar-refractivity contribution < 1.29 is 18.7 Å². The Bertz CT molecular complexity index is 798. The molecule has 0 bridgehead atoms. The second-order valence-corrected chi connectivity index (χ2v) is 6.77. The molecule has 0 radical (unpaired) electrons. The third-order valence-corrected chi connectivity index (χ3v) is 4.42. The second-order valence-electron chi connectivity index (χ2n) is 6.33. The van der Waals surface area contributed by atoms with Gasteiger partial charge in [0.25, 0.3) is 5.91 Å². The third-order valence-electron chi connectivity index (χ3n) is 4.17. The quantitative estimate of drug-likeness (QED) is 0.689. The molecule has 0 unspecified atom stereocenters. The number of amides is 2. The van der Waals surface area contributed by atoms with Crippen molar-refractivity contribution in [2.24, 2.45) is 0 Å². The van der Waals surface area contributed by atoms with Crippen molar-refractivity contribution in [2.75, 3.05) is 13.2 Å². The molecule has 0 heterocycles. The van der Waals surface area contributed by atoms with Crippen LogP contribution in [0.4, 0.5) is 4.39 Å². The lowest BCUT2D eigenvalue weighted by Gasteiger charge is -2.28. The smallest absolute Gasteiger partial charge is 0.261 e. The molecule has 7 heteroatoms. The van der Waals surface area contributed by atoms with Crippen molar-refractivity contribution in [2.45, 2.75) is 32.9 Å². The fourth-order valence-corrected chi connectivity index (χ4v) is 2.68. The van der Waals surface area contributed by atoms with E-state index < -0.39 is 17.8 Å². The molecule has 0 aliphatic heterocycles. The Labute approximate surface area is 169 Å². The summed E-state index contributed by atoms with van der Waals surface area (Å²) in [6, 6.07) is 12.2. The van der Waals surface area contributed by atoms with Crippen LogP contribution in [-0.2, 0) is 16.1 Å². The van der Waals surface area contributed by atoms with Gasteiger partial charge in [0.15, 0.2) is 18.2 Å². The molecular formula is C21H24ClFN2O3. The van der Waals surface area contributed by atoms with Crippen molar-refractivity contribution in [1.82, 2.24) is 10.2 Å². The van der Waals surface area contributed by atoms with Gasteiger partial charge in [0, 0.05) is 18.1 Å². The number of hydrogen-bond acceptors (Lipinski definition) is 3. The molecule has 0 aliphatic rings. The average Bonchev–Trinajstić information content (AvgIpc) is 2.70. The monoisotopic (exact) mass is 406 g/mol. The molecule has 0 saturated heterocycles. The Morgan fingerprint density at radius 2 is 1.86 bits per heavy atom. The summed E-state index contributed by atoms with van der Waals surface area (Å²) >= 11 is 5.91. The molecule has 0 spiro atoms. The van der Waals surface area contributed by atoms with Crippen molar-refractivity contribution in [3.63, 3.8) is 0 Å². The van der Waals surface area contributed by atoms with Gasteiger partial charge >= 0.3 is 0 Å². The van der Waals surface area contributed by atoms with E-state index in [9.17, 15) is 14.0 Å². The molecule has 150 valence electrons. The number of benzene rings is 2. The van der Waals surface area contributed by atoms with Crippen LogP contribution in [0, 0.1) is 5.82 Å². The van der Waals surface area contributed by atoms with E-state index in [1.165, 1.54) is 23.1 Å². The Hall–Kier alpha value is -2.60. The summed E-state index contributed by atoms with van der Waals surface area (Å²) in [6.45, 7) is 3.96. The van der Waals surface area contributed by atoms with Gasteiger partial charge in [-0.3, -0.25) is 9.59 Å². The Balaban J connectivity index is 2.13. The minimum atomic E-state index is -0.709. The summed E-state index contributed by atoms with van der Waals surface area (Å²) in [5, 5.41) is 3.37. The molecule has 2 aromatic carbocycles. The zero-order valence-electron chi connectivity index (χ0n) is 16.0. The van der Waals surface area contributed by atoms with E-state index in [0.29, 0.717) is 11.6 Å². The summed E-state index contributed by atoms with van der Waals surface area (Å²) in [6.07, 6.45) is 0.792. The maximum absolute atomic E-state index is 13.7. The standard InChI is InChI=1S/C21H24ClFN2O3/c1-3-12-24-21(27)15(2)25(13-16-8-10-17(22)11-9-16)20(26)14-28-19-7-5-4-6-18(19)23/h4-11,15H,3,12-14H2,1-2H3,(H,24,27)/t15-/m1/s1. The largest absolute Gasteiger partial charge is 0.481 e. The predicted molar refractivity (Wildman–Crippen MR) is 107 cm³/mol. The lowest BCUT2D eigenvalue weighted by Crippen LogP contribution is -2.49. The van der Waals surface area contributed by atoms with Gasteiger partial charge in [-0.1, -0.05) is 42.8 Å². The van der Waals surface area contributed by atoms with Crippen LogP contribution < -0.4 is 10.1 Å². The summed E-state index contributed by atoms with van der Waals surface area (Å²) in [5.74, 6) is -1.23. The molecule has 1 N–H and O–H groups in total. The SMILES string of the molecule is CCCNC(=O)[C@@H](C)N(Cc1ccc(Cl)cc1)C(=O)COc1ccccc1F. The van der Waals surface area contributed by atoms with E-state index >= 15 is 0 Å². The van der Waals surface area contributed by atoms with Crippen LogP contribution in [0.3, 0.4) is 0 Å². The number of carbonyl (C=O) groups is 2. The first-order valence-corrected chi connectivity index (χ1v) is 9.49. The molecule has 5 nitrogen and oxygen atoms in total. The normalized spacial score (nSPS) is 11.6. The Morgan fingerprint density at radius 3 is 2.50 bits per heavy atom.